The molecule has 0 unspecified atom stereocenters. The molecule has 2 rings (SSSR count). The lowest BCUT2D eigenvalue weighted by Gasteiger charge is -2.30. The van der Waals surface area contributed by atoms with Gasteiger partial charge in [0.15, 0.2) is 5.82 Å². The minimum atomic E-state index is -0.234. The number of hydrogen-bond acceptors (Lipinski definition) is 4. The number of nitrogens with zero attached hydrogens (tertiary/aromatic N) is 3. The van der Waals surface area contributed by atoms with Crippen molar-refractivity contribution < 1.29 is 5.11 Å². The predicted octanol–water partition coefficient (Wildman–Crippen LogP) is 0.785. The molecule has 0 spiro atoms. The zero-order valence-corrected chi connectivity index (χ0v) is 10.3. The predicted molar refractivity (Wildman–Crippen MR) is 66.3 cm³/mol. The van der Waals surface area contributed by atoms with Crippen molar-refractivity contribution in [2.75, 3.05) is 18.0 Å². The van der Waals surface area contributed by atoms with Crippen molar-refractivity contribution in [2.45, 2.75) is 38.8 Å². The van der Waals surface area contributed by atoms with E-state index in [-0.39, 0.29) is 17.7 Å². The van der Waals surface area contributed by atoms with E-state index in [0.717, 1.165) is 0 Å². The minimum absolute atomic E-state index is 0.0427. The molecule has 1 N–H and O–H groups in total. The standard InChI is InChI=1S/C12H19N3O2/c1-9(2)15-8-5-13-11(12(15)17)14-6-3-10(16)4-7-14/h5,8-10,16H,3-4,6-7H2,1-2H3. The average Bonchev–Trinajstić information content (AvgIpc) is 2.30. The van der Waals surface area contributed by atoms with Gasteiger partial charge >= 0.3 is 0 Å². The molecule has 0 radical (unpaired) electrons. The highest BCUT2D eigenvalue weighted by Gasteiger charge is 2.21. The number of aliphatic hydroxyl groups is 1. The summed E-state index contributed by atoms with van der Waals surface area (Å²) in [7, 11) is 0. The number of aliphatic hydroxyl groups excluding tert-OH is 1. The van der Waals surface area contributed by atoms with Crippen LogP contribution in [-0.4, -0.2) is 33.9 Å². The van der Waals surface area contributed by atoms with Gasteiger partial charge in [-0.05, 0) is 26.7 Å². The van der Waals surface area contributed by atoms with E-state index in [1.165, 1.54) is 0 Å². The van der Waals surface area contributed by atoms with E-state index < -0.39 is 0 Å². The molecule has 2 heterocycles. The van der Waals surface area contributed by atoms with Crippen LogP contribution in [0, 0.1) is 0 Å². The third kappa shape index (κ3) is 2.49. The van der Waals surface area contributed by atoms with Crippen molar-refractivity contribution in [2.24, 2.45) is 0 Å². The van der Waals surface area contributed by atoms with Gasteiger partial charge in [-0.1, -0.05) is 0 Å². The summed E-state index contributed by atoms with van der Waals surface area (Å²) in [5.41, 5.74) is -0.0427. The van der Waals surface area contributed by atoms with Crippen LogP contribution in [0.25, 0.3) is 0 Å². The van der Waals surface area contributed by atoms with E-state index in [9.17, 15) is 9.90 Å². The first-order valence-corrected chi connectivity index (χ1v) is 6.09. The molecule has 0 aliphatic carbocycles. The summed E-state index contributed by atoms with van der Waals surface area (Å²) in [5.74, 6) is 0.508. The van der Waals surface area contributed by atoms with Crippen LogP contribution in [0.2, 0.25) is 0 Å². The van der Waals surface area contributed by atoms with Crippen molar-refractivity contribution in [1.82, 2.24) is 9.55 Å². The Hall–Kier alpha value is -1.36. The number of rotatable bonds is 2. The fourth-order valence-electron chi connectivity index (χ4n) is 2.12. The van der Waals surface area contributed by atoms with Gasteiger partial charge in [0.05, 0.1) is 6.10 Å². The van der Waals surface area contributed by atoms with Gasteiger partial charge in [-0.25, -0.2) is 4.98 Å². The molecule has 1 aliphatic rings. The van der Waals surface area contributed by atoms with Gasteiger partial charge in [-0.3, -0.25) is 4.79 Å². The SMILES string of the molecule is CC(C)n1ccnc(N2CCC(O)CC2)c1=O. The topological polar surface area (TPSA) is 58.4 Å². The largest absolute Gasteiger partial charge is 0.393 e. The molecule has 1 aliphatic heterocycles. The van der Waals surface area contributed by atoms with Gasteiger partial charge in [0.1, 0.15) is 0 Å². The van der Waals surface area contributed by atoms with E-state index in [2.05, 4.69) is 4.98 Å². The van der Waals surface area contributed by atoms with E-state index in [1.807, 2.05) is 18.7 Å². The molecular weight excluding hydrogens is 218 g/mol. The molecule has 5 nitrogen and oxygen atoms in total. The van der Waals surface area contributed by atoms with E-state index in [4.69, 9.17) is 0 Å². The van der Waals surface area contributed by atoms with Gasteiger partial charge < -0.3 is 14.6 Å². The Morgan fingerprint density at radius 3 is 2.65 bits per heavy atom. The maximum Gasteiger partial charge on any atom is 0.293 e. The third-order valence-electron chi connectivity index (χ3n) is 3.17. The molecule has 5 heteroatoms. The van der Waals surface area contributed by atoms with Crippen molar-refractivity contribution in [3.8, 4) is 0 Å². The second-order valence-electron chi connectivity index (χ2n) is 4.78. The van der Waals surface area contributed by atoms with Crippen LogP contribution in [0.4, 0.5) is 5.82 Å². The Kier molecular flexibility index (Phi) is 3.47. The molecule has 0 aromatic carbocycles. The van der Waals surface area contributed by atoms with Gasteiger partial charge in [-0.15, -0.1) is 0 Å². The van der Waals surface area contributed by atoms with Crippen molar-refractivity contribution >= 4 is 5.82 Å². The Morgan fingerprint density at radius 1 is 1.41 bits per heavy atom. The van der Waals surface area contributed by atoms with E-state index >= 15 is 0 Å². The molecular formula is C12H19N3O2. The summed E-state index contributed by atoms with van der Waals surface area (Å²) >= 11 is 0. The molecule has 1 saturated heterocycles. The molecule has 0 saturated carbocycles. The van der Waals surface area contributed by atoms with Crippen molar-refractivity contribution in [3.63, 3.8) is 0 Å². The van der Waals surface area contributed by atoms with Gasteiger partial charge in [0.25, 0.3) is 5.56 Å². The fourth-order valence-corrected chi connectivity index (χ4v) is 2.12. The Morgan fingerprint density at radius 2 is 2.06 bits per heavy atom. The van der Waals surface area contributed by atoms with Crippen LogP contribution in [0.1, 0.15) is 32.7 Å². The normalized spacial score (nSPS) is 17.8. The molecule has 0 amide bonds. The summed E-state index contributed by atoms with van der Waals surface area (Å²) in [5, 5.41) is 9.46. The molecule has 17 heavy (non-hydrogen) atoms. The lowest BCUT2D eigenvalue weighted by molar-refractivity contribution is 0.145. The van der Waals surface area contributed by atoms with E-state index in [0.29, 0.717) is 31.7 Å². The quantitative estimate of drug-likeness (QED) is 0.826. The zero-order chi connectivity index (χ0) is 12.4. The highest BCUT2D eigenvalue weighted by atomic mass is 16.3. The summed E-state index contributed by atoms with van der Waals surface area (Å²) in [6.45, 7) is 5.35. The number of hydrogen-bond donors (Lipinski definition) is 1. The molecule has 1 fully saturated rings. The summed E-state index contributed by atoms with van der Waals surface area (Å²) < 4.78 is 1.69. The van der Waals surface area contributed by atoms with Crippen molar-refractivity contribution in [1.29, 1.82) is 0 Å². The molecule has 0 atom stereocenters. The third-order valence-corrected chi connectivity index (χ3v) is 3.17. The first-order valence-electron chi connectivity index (χ1n) is 6.09. The lowest BCUT2D eigenvalue weighted by Crippen LogP contribution is -2.40. The summed E-state index contributed by atoms with van der Waals surface area (Å²) in [6.07, 6.45) is 4.56. The first-order chi connectivity index (χ1) is 8.09. The highest BCUT2D eigenvalue weighted by Crippen LogP contribution is 2.14. The molecule has 1 aromatic heterocycles. The monoisotopic (exact) mass is 237 g/mol. The minimum Gasteiger partial charge on any atom is -0.393 e. The molecule has 94 valence electrons. The number of piperidine rings is 1. The maximum atomic E-state index is 12.2. The number of anilines is 1. The van der Waals surface area contributed by atoms with Crippen LogP contribution in [0.15, 0.2) is 17.2 Å². The van der Waals surface area contributed by atoms with Crippen LogP contribution < -0.4 is 10.5 Å². The summed E-state index contributed by atoms with van der Waals surface area (Å²) in [6, 6.07) is 0.139. The van der Waals surface area contributed by atoms with Gasteiger partial charge in [0.2, 0.25) is 0 Å². The van der Waals surface area contributed by atoms with Gasteiger partial charge in [-0.2, -0.15) is 0 Å². The maximum absolute atomic E-state index is 12.2. The second-order valence-corrected chi connectivity index (χ2v) is 4.78. The van der Waals surface area contributed by atoms with Crippen molar-refractivity contribution in [3.05, 3.63) is 22.7 Å². The smallest absolute Gasteiger partial charge is 0.293 e. The lowest BCUT2D eigenvalue weighted by atomic mass is 10.1. The second kappa shape index (κ2) is 4.87. The summed E-state index contributed by atoms with van der Waals surface area (Å²) in [4.78, 5) is 18.3. The van der Waals surface area contributed by atoms with Gasteiger partial charge in [0, 0.05) is 31.5 Å². The Bertz CT molecular complexity index is 434. The highest BCUT2D eigenvalue weighted by molar-refractivity contribution is 5.36. The Labute approximate surface area is 101 Å². The molecule has 0 bridgehead atoms. The van der Waals surface area contributed by atoms with Crippen LogP contribution in [0.3, 0.4) is 0 Å². The average molecular weight is 237 g/mol. The van der Waals surface area contributed by atoms with E-state index in [1.54, 1.807) is 17.0 Å². The van der Waals surface area contributed by atoms with Crippen LogP contribution >= 0.6 is 0 Å². The fraction of sp³-hybridized carbons (Fsp3) is 0.667. The number of aromatic nitrogens is 2. The van der Waals surface area contributed by atoms with Crippen LogP contribution in [-0.2, 0) is 0 Å². The molecule has 1 aromatic rings. The van der Waals surface area contributed by atoms with Crippen LogP contribution in [0.5, 0.6) is 0 Å². The zero-order valence-electron chi connectivity index (χ0n) is 10.3. The Balaban J connectivity index is 2.27. The first kappa shape index (κ1) is 12.1.